The molecule has 0 radical (unpaired) electrons. The van der Waals surface area contributed by atoms with Crippen molar-refractivity contribution < 1.29 is 5.11 Å². The second-order valence-corrected chi connectivity index (χ2v) is 3.72. The molecule has 0 bridgehead atoms. The number of rotatable bonds is 0. The number of hydrogen-bond donors (Lipinski definition) is 1. The first-order valence-corrected chi connectivity index (χ1v) is 4.12. The van der Waals surface area contributed by atoms with Crippen LogP contribution in [-0.2, 0) is 0 Å². The first-order valence-electron chi connectivity index (χ1n) is 3.30. The molecule has 1 N–H and O–H groups in total. The lowest BCUT2D eigenvalue weighted by atomic mass is 10.3. The molecule has 0 atom stereocenters. The molecule has 2 nitrogen and oxygen atoms in total. The molecule has 11 heavy (non-hydrogen) atoms. The number of aromatic nitrogens is 1. The van der Waals surface area contributed by atoms with E-state index >= 15 is 0 Å². The van der Waals surface area contributed by atoms with Gasteiger partial charge >= 0.3 is 0 Å². The van der Waals surface area contributed by atoms with Gasteiger partial charge in [0.25, 0.3) is 0 Å². The Bertz CT molecular complexity index is 394. The van der Waals surface area contributed by atoms with Gasteiger partial charge in [0.15, 0.2) is 0 Å². The quantitative estimate of drug-likeness (QED) is 0.649. The standard InChI is InChI=1S/C8H7NOS/c1-5-2-6-7(10)3-9-4-8(6)11-5/h2-4,10H,1H3. The molecule has 0 spiro atoms. The second-order valence-electron chi connectivity index (χ2n) is 2.43. The minimum absolute atomic E-state index is 0.270. The zero-order chi connectivity index (χ0) is 7.84. The number of thiophene rings is 1. The first kappa shape index (κ1) is 6.61. The van der Waals surface area contributed by atoms with E-state index in [1.54, 1.807) is 17.5 Å². The van der Waals surface area contributed by atoms with Crippen molar-refractivity contribution in [3.63, 3.8) is 0 Å². The lowest BCUT2D eigenvalue weighted by Gasteiger charge is -1.90. The maximum Gasteiger partial charge on any atom is 0.142 e. The van der Waals surface area contributed by atoms with Crippen molar-refractivity contribution in [1.29, 1.82) is 0 Å². The molecule has 0 fully saturated rings. The number of pyridine rings is 1. The summed E-state index contributed by atoms with van der Waals surface area (Å²) in [5.74, 6) is 0.270. The van der Waals surface area contributed by atoms with E-state index in [-0.39, 0.29) is 5.75 Å². The molecule has 2 aromatic rings. The molecule has 0 aliphatic rings. The molecule has 0 amide bonds. The third-order valence-corrected chi connectivity index (χ3v) is 2.53. The van der Waals surface area contributed by atoms with Gasteiger partial charge in [-0.25, -0.2) is 0 Å². The van der Waals surface area contributed by atoms with E-state index in [0.29, 0.717) is 0 Å². The maximum atomic E-state index is 9.33. The molecule has 0 saturated carbocycles. The summed E-state index contributed by atoms with van der Waals surface area (Å²) in [5, 5.41) is 10.2. The van der Waals surface area contributed by atoms with Crippen LogP contribution < -0.4 is 0 Å². The molecular weight excluding hydrogens is 158 g/mol. The molecule has 3 heteroatoms. The van der Waals surface area contributed by atoms with Crippen molar-refractivity contribution in [2.24, 2.45) is 0 Å². The summed E-state index contributed by atoms with van der Waals surface area (Å²) in [6.07, 6.45) is 3.24. The van der Waals surface area contributed by atoms with E-state index in [4.69, 9.17) is 0 Å². The molecule has 56 valence electrons. The Kier molecular flexibility index (Phi) is 1.32. The molecule has 2 aromatic heterocycles. The number of fused-ring (bicyclic) bond motifs is 1. The number of hydrogen-bond acceptors (Lipinski definition) is 3. The highest BCUT2D eigenvalue weighted by Gasteiger charge is 2.01. The Morgan fingerprint density at radius 3 is 3.00 bits per heavy atom. The van der Waals surface area contributed by atoms with E-state index in [1.165, 1.54) is 11.1 Å². The van der Waals surface area contributed by atoms with Gasteiger partial charge in [-0.1, -0.05) is 0 Å². The molecular formula is C8H7NOS. The van der Waals surface area contributed by atoms with Crippen LogP contribution >= 0.6 is 11.3 Å². The van der Waals surface area contributed by atoms with E-state index in [2.05, 4.69) is 4.98 Å². The van der Waals surface area contributed by atoms with E-state index < -0.39 is 0 Å². The van der Waals surface area contributed by atoms with Crippen LogP contribution in [0.5, 0.6) is 5.75 Å². The smallest absolute Gasteiger partial charge is 0.142 e. The topological polar surface area (TPSA) is 33.1 Å². The molecule has 0 aliphatic heterocycles. The maximum absolute atomic E-state index is 9.33. The van der Waals surface area contributed by atoms with E-state index in [1.807, 2.05) is 13.0 Å². The van der Waals surface area contributed by atoms with Gasteiger partial charge in [-0.2, -0.15) is 0 Å². The Balaban J connectivity index is 2.90. The van der Waals surface area contributed by atoms with Gasteiger partial charge < -0.3 is 5.11 Å². The predicted octanol–water partition coefficient (Wildman–Crippen LogP) is 2.31. The summed E-state index contributed by atoms with van der Waals surface area (Å²) < 4.78 is 1.04. The molecule has 0 saturated heterocycles. The summed E-state index contributed by atoms with van der Waals surface area (Å²) in [6.45, 7) is 2.02. The van der Waals surface area contributed by atoms with Crippen LogP contribution in [-0.4, -0.2) is 10.1 Å². The fourth-order valence-electron chi connectivity index (χ4n) is 1.07. The molecule has 0 unspecified atom stereocenters. The van der Waals surface area contributed by atoms with Crippen LogP contribution in [0.25, 0.3) is 10.1 Å². The molecule has 0 aromatic carbocycles. The highest BCUT2D eigenvalue weighted by atomic mass is 32.1. The molecule has 2 rings (SSSR count). The van der Waals surface area contributed by atoms with Gasteiger partial charge in [-0.3, -0.25) is 4.98 Å². The van der Waals surface area contributed by atoms with Crippen molar-refractivity contribution in [2.75, 3.05) is 0 Å². The van der Waals surface area contributed by atoms with Crippen LogP contribution in [0.3, 0.4) is 0 Å². The van der Waals surface area contributed by atoms with Crippen LogP contribution in [0.2, 0.25) is 0 Å². The number of aromatic hydroxyl groups is 1. The predicted molar refractivity (Wildman–Crippen MR) is 46.0 cm³/mol. The van der Waals surface area contributed by atoms with Crippen molar-refractivity contribution >= 4 is 21.4 Å². The van der Waals surface area contributed by atoms with Gasteiger partial charge in [-0.05, 0) is 13.0 Å². The summed E-state index contributed by atoms with van der Waals surface area (Å²) in [4.78, 5) is 5.08. The van der Waals surface area contributed by atoms with E-state index in [0.717, 1.165) is 10.1 Å². The Morgan fingerprint density at radius 1 is 1.45 bits per heavy atom. The zero-order valence-corrected chi connectivity index (χ0v) is 6.85. The minimum Gasteiger partial charge on any atom is -0.506 e. The van der Waals surface area contributed by atoms with E-state index in [9.17, 15) is 5.11 Å². The highest BCUT2D eigenvalue weighted by Crippen LogP contribution is 2.29. The average Bonchev–Trinajstić information content (AvgIpc) is 2.31. The second kappa shape index (κ2) is 2.20. The number of nitrogens with zero attached hydrogens (tertiary/aromatic N) is 1. The van der Waals surface area contributed by atoms with Crippen molar-refractivity contribution in [3.05, 3.63) is 23.3 Å². The third-order valence-electron chi connectivity index (χ3n) is 1.55. The summed E-state index contributed by atoms with van der Waals surface area (Å²) in [5.41, 5.74) is 0. The summed E-state index contributed by atoms with van der Waals surface area (Å²) in [7, 11) is 0. The molecule has 2 heterocycles. The van der Waals surface area contributed by atoms with Crippen molar-refractivity contribution in [1.82, 2.24) is 4.98 Å². The van der Waals surface area contributed by atoms with Gasteiger partial charge in [0.2, 0.25) is 0 Å². The fraction of sp³-hybridized carbons (Fsp3) is 0.125. The minimum atomic E-state index is 0.270. The highest BCUT2D eigenvalue weighted by molar-refractivity contribution is 7.19. The Morgan fingerprint density at radius 2 is 2.27 bits per heavy atom. The zero-order valence-electron chi connectivity index (χ0n) is 6.03. The van der Waals surface area contributed by atoms with Gasteiger partial charge in [0.05, 0.1) is 10.9 Å². The lowest BCUT2D eigenvalue weighted by Crippen LogP contribution is -1.69. The van der Waals surface area contributed by atoms with Gasteiger partial charge in [0.1, 0.15) is 5.75 Å². The van der Waals surface area contributed by atoms with Crippen LogP contribution in [0.4, 0.5) is 0 Å². The molecule has 0 aliphatic carbocycles. The van der Waals surface area contributed by atoms with Gasteiger partial charge in [0, 0.05) is 16.5 Å². The van der Waals surface area contributed by atoms with Crippen molar-refractivity contribution in [2.45, 2.75) is 6.92 Å². The Hall–Kier alpha value is -1.09. The number of aryl methyl sites for hydroxylation is 1. The SMILES string of the molecule is Cc1cc2c(O)cncc2s1. The fourth-order valence-corrected chi connectivity index (χ4v) is 1.98. The first-order chi connectivity index (χ1) is 5.27. The van der Waals surface area contributed by atoms with Gasteiger partial charge in [-0.15, -0.1) is 11.3 Å². The van der Waals surface area contributed by atoms with Crippen LogP contribution in [0.1, 0.15) is 4.88 Å². The largest absolute Gasteiger partial charge is 0.506 e. The third kappa shape index (κ3) is 0.973. The summed E-state index contributed by atoms with van der Waals surface area (Å²) in [6, 6.07) is 1.97. The van der Waals surface area contributed by atoms with Crippen LogP contribution in [0.15, 0.2) is 18.5 Å². The van der Waals surface area contributed by atoms with Crippen molar-refractivity contribution in [3.8, 4) is 5.75 Å². The summed E-state index contributed by atoms with van der Waals surface area (Å²) >= 11 is 1.64. The average molecular weight is 165 g/mol. The lowest BCUT2D eigenvalue weighted by molar-refractivity contribution is 0.479. The normalized spacial score (nSPS) is 10.6. The van der Waals surface area contributed by atoms with Crippen LogP contribution in [0, 0.1) is 6.92 Å². The monoisotopic (exact) mass is 165 g/mol. The Labute approximate surface area is 68.1 Å².